The van der Waals surface area contributed by atoms with Gasteiger partial charge in [-0.3, -0.25) is 0 Å². The van der Waals surface area contributed by atoms with Crippen LogP contribution in [0.3, 0.4) is 0 Å². The summed E-state index contributed by atoms with van der Waals surface area (Å²) in [5.41, 5.74) is 1.48. The number of thioether (sulfide) groups is 1. The smallest absolute Gasteiger partial charge is 0.150 e. The van der Waals surface area contributed by atoms with E-state index in [1.165, 1.54) is 4.34 Å². The number of halogens is 1. The van der Waals surface area contributed by atoms with Gasteiger partial charge in [0.1, 0.15) is 4.34 Å². The molecule has 0 N–H and O–H groups in total. The van der Waals surface area contributed by atoms with Gasteiger partial charge in [0.15, 0.2) is 0 Å². The van der Waals surface area contributed by atoms with E-state index in [2.05, 4.69) is 40.1 Å². The van der Waals surface area contributed by atoms with E-state index in [-0.39, 0.29) is 0 Å². The lowest BCUT2D eigenvalue weighted by molar-refractivity contribution is 0.496. The Bertz CT molecular complexity index is 270. The van der Waals surface area contributed by atoms with E-state index in [0.717, 1.165) is 16.8 Å². The van der Waals surface area contributed by atoms with Gasteiger partial charge < -0.3 is 0 Å². The van der Waals surface area contributed by atoms with Gasteiger partial charge in [0.2, 0.25) is 0 Å². The normalized spacial score (nSPS) is 12.0. The molecule has 0 saturated heterocycles. The number of aryl methyl sites for hydroxylation is 1. The third kappa shape index (κ3) is 4.00. The van der Waals surface area contributed by atoms with E-state index < -0.39 is 0 Å². The monoisotopic (exact) mass is 279 g/mol. The summed E-state index contributed by atoms with van der Waals surface area (Å²) in [6, 6.07) is 0. The molecule has 1 heterocycles. The Hall–Kier alpha value is 0.460. The van der Waals surface area contributed by atoms with Gasteiger partial charge in [-0.2, -0.15) is 0 Å². The number of hydrogen-bond donors (Lipinski definition) is 0. The first-order chi connectivity index (χ1) is 6.03. The molecule has 74 valence electrons. The predicted molar refractivity (Wildman–Crippen MR) is 65.2 cm³/mol. The Morgan fingerprint density at radius 3 is 2.77 bits per heavy atom. The maximum atomic E-state index is 4.41. The zero-order valence-electron chi connectivity index (χ0n) is 8.13. The van der Waals surface area contributed by atoms with E-state index >= 15 is 0 Å². The Labute approximate surface area is 96.5 Å². The van der Waals surface area contributed by atoms with Crippen LogP contribution in [0.25, 0.3) is 0 Å². The minimum Gasteiger partial charge on any atom is -0.235 e. The Kier molecular flexibility index (Phi) is 4.26. The molecule has 0 unspecified atom stereocenters. The van der Waals surface area contributed by atoms with Crippen molar-refractivity contribution in [1.82, 2.24) is 4.98 Å². The van der Waals surface area contributed by atoms with Gasteiger partial charge in [0.25, 0.3) is 0 Å². The van der Waals surface area contributed by atoms with E-state index in [0.29, 0.717) is 5.41 Å². The second-order valence-corrected chi connectivity index (χ2v) is 6.48. The maximum absolute atomic E-state index is 4.41. The molecule has 1 rings (SSSR count). The van der Waals surface area contributed by atoms with Crippen LogP contribution >= 0.6 is 39.0 Å². The second kappa shape index (κ2) is 4.80. The van der Waals surface area contributed by atoms with E-state index in [9.17, 15) is 0 Å². The van der Waals surface area contributed by atoms with Crippen molar-refractivity contribution in [2.24, 2.45) is 5.41 Å². The van der Waals surface area contributed by atoms with Crippen molar-refractivity contribution in [2.45, 2.75) is 25.1 Å². The molecule has 0 aromatic carbocycles. The average molecular weight is 280 g/mol. The van der Waals surface area contributed by atoms with E-state index in [1.54, 1.807) is 11.3 Å². The fourth-order valence-corrected chi connectivity index (χ4v) is 3.09. The number of nitrogens with zero attached hydrogens (tertiary/aromatic N) is 1. The van der Waals surface area contributed by atoms with Crippen LogP contribution in [0.1, 0.15) is 19.5 Å². The molecule has 0 bridgehead atoms. The quantitative estimate of drug-likeness (QED) is 0.611. The molecule has 0 fully saturated rings. The molecule has 0 amide bonds. The number of hydrogen-bond acceptors (Lipinski definition) is 3. The summed E-state index contributed by atoms with van der Waals surface area (Å²) < 4.78 is 1.19. The highest BCUT2D eigenvalue weighted by Crippen LogP contribution is 2.30. The van der Waals surface area contributed by atoms with Crippen molar-refractivity contribution < 1.29 is 0 Å². The standard InChI is InChI=1S/C9H14BrNS2/c1-7-4-12-8(11-7)13-6-9(2,3)5-10/h4H,5-6H2,1-3H3. The molecule has 1 nitrogen and oxygen atoms in total. The van der Waals surface area contributed by atoms with Crippen LogP contribution in [0.5, 0.6) is 0 Å². The van der Waals surface area contributed by atoms with Gasteiger partial charge >= 0.3 is 0 Å². The van der Waals surface area contributed by atoms with Crippen LogP contribution in [0.4, 0.5) is 0 Å². The minimum absolute atomic E-state index is 0.351. The first kappa shape index (κ1) is 11.5. The molecule has 0 spiro atoms. The molecule has 0 aliphatic heterocycles. The van der Waals surface area contributed by atoms with Crippen molar-refractivity contribution in [3.63, 3.8) is 0 Å². The lowest BCUT2D eigenvalue weighted by atomic mass is 10.0. The summed E-state index contributed by atoms with van der Waals surface area (Å²) >= 11 is 7.11. The van der Waals surface area contributed by atoms with Gasteiger partial charge in [-0.1, -0.05) is 41.5 Å². The van der Waals surface area contributed by atoms with Crippen molar-refractivity contribution in [3.05, 3.63) is 11.1 Å². The average Bonchev–Trinajstić information content (AvgIpc) is 2.48. The molecule has 0 saturated carbocycles. The van der Waals surface area contributed by atoms with Crippen molar-refractivity contribution in [3.8, 4) is 0 Å². The summed E-state index contributed by atoms with van der Waals surface area (Å²) in [6.07, 6.45) is 0. The highest BCUT2D eigenvalue weighted by molar-refractivity contribution is 9.09. The predicted octanol–water partition coefficient (Wildman–Crippen LogP) is 3.96. The zero-order chi connectivity index (χ0) is 9.90. The van der Waals surface area contributed by atoms with E-state index in [4.69, 9.17) is 0 Å². The Balaban J connectivity index is 2.43. The molecule has 13 heavy (non-hydrogen) atoms. The number of aromatic nitrogens is 1. The highest BCUT2D eigenvalue weighted by atomic mass is 79.9. The SMILES string of the molecule is Cc1csc(SCC(C)(C)CBr)n1. The van der Waals surface area contributed by atoms with Crippen LogP contribution in [-0.2, 0) is 0 Å². The van der Waals surface area contributed by atoms with Gasteiger partial charge in [0, 0.05) is 22.2 Å². The molecule has 1 aromatic rings. The molecule has 4 heteroatoms. The molecule has 0 atom stereocenters. The van der Waals surface area contributed by atoms with Crippen molar-refractivity contribution in [1.29, 1.82) is 0 Å². The fraction of sp³-hybridized carbons (Fsp3) is 0.667. The minimum atomic E-state index is 0.351. The summed E-state index contributed by atoms with van der Waals surface area (Å²) in [7, 11) is 0. The molecule has 1 aromatic heterocycles. The number of thiazole rings is 1. The van der Waals surface area contributed by atoms with Crippen LogP contribution in [0.2, 0.25) is 0 Å². The van der Waals surface area contributed by atoms with Crippen LogP contribution < -0.4 is 0 Å². The molecule has 0 aliphatic rings. The van der Waals surface area contributed by atoms with Crippen molar-refractivity contribution in [2.75, 3.05) is 11.1 Å². The summed E-state index contributed by atoms with van der Waals surface area (Å²) in [5, 5.41) is 3.14. The van der Waals surface area contributed by atoms with Crippen LogP contribution in [-0.4, -0.2) is 16.1 Å². The molecule has 0 aliphatic carbocycles. The third-order valence-electron chi connectivity index (χ3n) is 1.55. The van der Waals surface area contributed by atoms with Gasteiger partial charge in [-0.15, -0.1) is 11.3 Å². The van der Waals surface area contributed by atoms with Gasteiger partial charge in [-0.05, 0) is 12.3 Å². The fourth-order valence-electron chi connectivity index (χ4n) is 0.694. The number of rotatable bonds is 4. The zero-order valence-corrected chi connectivity index (χ0v) is 11.4. The lowest BCUT2D eigenvalue weighted by Gasteiger charge is -2.19. The first-order valence-electron chi connectivity index (χ1n) is 4.14. The largest absolute Gasteiger partial charge is 0.235 e. The molecular weight excluding hydrogens is 266 g/mol. The van der Waals surface area contributed by atoms with Gasteiger partial charge in [-0.25, -0.2) is 4.98 Å². The second-order valence-electron chi connectivity index (χ2n) is 3.84. The Morgan fingerprint density at radius 1 is 1.62 bits per heavy atom. The summed E-state index contributed by atoms with van der Waals surface area (Å²) in [6.45, 7) is 6.56. The van der Waals surface area contributed by atoms with Crippen LogP contribution in [0.15, 0.2) is 9.72 Å². The molecule has 0 radical (unpaired) electrons. The van der Waals surface area contributed by atoms with Crippen LogP contribution in [0, 0.1) is 12.3 Å². The Morgan fingerprint density at radius 2 is 2.31 bits per heavy atom. The van der Waals surface area contributed by atoms with Crippen molar-refractivity contribution >= 4 is 39.0 Å². The summed E-state index contributed by atoms with van der Waals surface area (Å²) in [5.74, 6) is 1.12. The lowest BCUT2D eigenvalue weighted by Crippen LogP contribution is -2.15. The summed E-state index contributed by atoms with van der Waals surface area (Å²) in [4.78, 5) is 4.41. The first-order valence-corrected chi connectivity index (χ1v) is 7.13. The topological polar surface area (TPSA) is 12.9 Å². The van der Waals surface area contributed by atoms with E-state index in [1.807, 2.05) is 18.7 Å². The third-order valence-corrected chi connectivity index (χ3v) is 5.72. The highest BCUT2D eigenvalue weighted by Gasteiger charge is 2.16. The van der Waals surface area contributed by atoms with Gasteiger partial charge in [0.05, 0.1) is 0 Å². The maximum Gasteiger partial charge on any atom is 0.150 e. The molecular formula is C9H14BrNS2. The number of alkyl halides is 1.